The zero-order valence-corrected chi connectivity index (χ0v) is 16.3. The predicted molar refractivity (Wildman–Crippen MR) is 105 cm³/mol. The van der Waals surface area contributed by atoms with E-state index in [9.17, 15) is 0 Å². The molecule has 25 heavy (non-hydrogen) atoms. The molecule has 3 rings (SSSR count). The van der Waals surface area contributed by atoms with Crippen LogP contribution in [0.3, 0.4) is 0 Å². The van der Waals surface area contributed by atoms with Crippen molar-refractivity contribution in [2.24, 2.45) is 0 Å². The molecule has 1 aliphatic heterocycles. The Morgan fingerprint density at radius 2 is 1.36 bits per heavy atom. The van der Waals surface area contributed by atoms with Gasteiger partial charge >= 0.3 is 0 Å². The molecule has 0 atom stereocenters. The molecule has 0 saturated carbocycles. The molecule has 0 amide bonds. The van der Waals surface area contributed by atoms with E-state index in [1.807, 2.05) is 0 Å². The standard InChI is InChI=1S/C23H31NO/c1-22(2)16-21(17-23(3,4)24(22)5)25-20-13-11-19(12-14-20)15-18-9-7-6-8-10-18/h6-14,21H,15-17H2,1-5H3. The maximum Gasteiger partial charge on any atom is 0.119 e. The summed E-state index contributed by atoms with van der Waals surface area (Å²) in [6, 6.07) is 19.2. The first-order chi connectivity index (χ1) is 11.8. The third-order valence-electron chi connectivity index (χ3n) is 5.75. The smallest absolute Gasteiger partial charge is 0.119 e. The third kappa shape index (κ3) is 4.24. The second kappa shape index (κ2) is 6.84. The Morgan fingerprint density at radius 3 is 1.92 bits per heavy atom. The minimum absolute atomic E-state index is 0.152. The second-order valence-corrected chi connectivity index (χ2v) is 8.64. The maximum atomic E-state index is 6.35. The van der Waals surface area contributed by atoms with E-state index in [1.165, 1.54) is 11.1 Å². The maximum absolute atomic E-state index is 6.35. The molecule has 1 saturated heterocycles. The molecule has 0 bridgehead atoms. The van der Waals surface area contributed by atoms with Crippen molar-refractivity contribution in [3.63, 3.8) is 0 Å². The molecule has 2 aromatic carbocycles. The van der Waals surface area contributed by atoms with Gasteiger partial charge in [0.1, 0.15) is 11.9 Å². The van der Waals surface area contributed by atoms with Crippen LogP contribution in [-0.2, 0) is 6.42 Å². The van der Waals surface area contributed by atoms with Crippen LogP contribution >= 0.6 is 0 Å². The van der Waals surface area contributed by atoms with Gasteiger partial charge in [0.2, 0.25) is 0 Å². The fourth-order valence-electron chi connectivity index (χ4n) is 4.07. The van der Waals surface area contributed by atoms with Crippen molar-refractivity contribution >= 4 is 0 Å². The number of ether oxygens (including phenoxy) is 1. The van der Waals surface area contributed by atoms with E-state index in [-0.39, 0.29) is 17.2 Å². The summed E-state index contributed by atoms with van der Waals surface area (Å²) in [7, 11) is 2.23. The molecule has 0 radical (unpaired) electrons. The molecule has 0 N–H and O–H groups in total. The van der Waals surface area contributed by atoms with Gasteiger partial charge in [-0.2, -0.15) is 0 Å². The highest BCUT2D eigenvalue weighted by molar-refractivity contribution is 5.31. The van der Waals surface area contributed by atoms with E-state index in [2.05, 4.69) is 94.2 Å². The lowest BCUT2D eigenvalue weighted by atomic mass is 9.79. The van der Waals surface area contributed by atoms with Gasteiger partial charge < -0.3 is 4.74 Å². The summed E-state index contributed by atoms with van der Waals surface area (Å²) in [6.07, 6.45) is 3.34. The molecule has 0 unspecified atom stereocenters. The van der Waals surface area contributed by atoms with Crippen LogP contribution in [-0.4, -0.2) is 29.1 Å². The number of rotatable bonds is 4. The zero-order chi connectivity index (χ0) is 18.1. The van der Waals surface area contributed by atoms with Crippen molar-refractivity contribution in [3.8, 4) is 5.75 Å². The van der Waals surface area contributed by atoms with Crippen molar-refractivity contribution in [1.82, 2.24) is 4.90 Å². The fourth-order valence-corrected chi connectivity index (χ4v) is 4.07. The molecule has 1 aliphatic rings. The van der Waals surface area contributed by atoms with Crippen LogP contribution in [0.5, 0.6) is 5.75 Å². The minimum Gasteiger partial charge on any atom is -0.490 e. The molecule has 0 aromatic heterocycles. The van der Waals surface area contributed by atoms with Crippen LogP contribution in [0.2, 0.25) is 0 Å². The van der Waals surface area contributed by atoms with Gasteiger partial charge in [-0.25, -0.2) is 0 Å². The van der Waals surface area contributed by atoms with Crippen LogP contribution in [0.25, 0.3) is 0 Å². The lowest BCUT2D eigenvalue weighted by Crippen LogP contribution is -2.60. The van der Waals surface area contributed by atoms with E-state index < -0.39 is 0 Å². The molecule has 2 aromatic rings. The Hall–Kier alpha value is -1.80. The van der Waals surface area contributed by atoms with E-state index >= 15 is 0 Å². The van der Waals surface area contributed by atoms with Crippen LogP contribution < -0.4 is 4.74 Å². The number of nitrogens with zero attached hydrogens (tertiary/aromatic N) is 1. The first-order valence-corrected chi connectivity index (χ1v) is 9.30. The topological polar surface area (TPSA) is 12.5 Å². The zero-order valence-electron chi connectivity index (χ0n) is 16.3. The number of hydrogen-bond donors (Lipinski definition) is 0. The van der Waals surface area contributed by atoms with Crippen LogP contribution in [0, 0.1) is 0 Å². The second-order valence-electron chi connectivity index (χ2n) is 8.64. The highest BCUT2D eigenvalue weighted by atomic mass is 16.5. The lowest BCUT2D eigenvalue weighted by molar-refractivity contribution is -0.0556. The molecule has 134 valence electrons. The van der Waals surface area contributed by atoms with Crippen LogP contribution in [0.15, 0.2) is 54.6 Å². The van der Waals surface area contributed by atoms with Crippen molar-refractivity contribution < 1.29 is 4.74 Å². The molecular formula is C23H31NO. The van der Waals surface area contributed by atoms with E-state index in [0.717, 1.165) is 25.0 Å². The van der Waals surface area contributed by atoms with E-state index in [4.69, 9.17) is 4.74 Å². The average Bonchev–Trinajstić information content (AvgIpc) is 2.55. The molecule has 0 aliphatic carbocycles. The number of hydrogen-bond acceptors (Lipinski definition) is 2. The molecule has 1 heterocycles. The van der Waals surface area contributed by atoms with Gasteiger partial charge in [0.05, 0.1) is 0 Å². The van der Waals surface area contributed by atoms with Gasteiger partial charge in [-0.3, -0.25) is 4.90 Å². The summed E-state index contributed by atoms with van der Waals surface area (Å²) < 4.78 is 6.35. The summed E-state index contributed by atoms with van der Waals surface area (Å²) in [5, 5.41) is 0. The highest BCUT2D eigenvalue weighted by Gasteiger charge is 2.43. The summed E-state index contributed by atoms with van der Waals surface area (Å²) in [4.78, 5) is 2.49. The number of likely N-dealkylation sites (tertiary alicyclic amines) is 1. The summed E-state index contributed by atoms with van der Waals surface area (Å²) in [5.41, 5.74) is 2.97. The van der Waals surface area contributed by atoms with Gasteiger partial charge in [-0.15, -0.1) is 0 Å². The van der Waals surface area contributed by atoms with Crippen molar-refractivity contribution in [1.29, 1.82) is 0 Å². The largest absolute Gasteiger partial charge is 0.490 e. The van der Waals surface area contributed by atoms with Crippen LogP contribution in [0.4, 0.5) is 0 Å². The lowest BCUT2D eigenvalue weighted by Gasteiger charge is -2.53. The first-order valence-electron chi connectivity index (χ1n) is 9.30. The molecular weight excluding hydrogens is 306 g/mol. The van der Waals surface area contributed by atoms with Crippen LogP contribution in [0.1, 0.15) is 51.7 Å². The highest BCUT2D eigenvalue weighted by Crippen LogP contribution is 2.38. The Kier molecular flexibility index (Phi) is 4.92. The monoisotopic (exact) mass is 337 g/mol. The van der Waals surface area contributed by atoms with E-state index in [0.29, 0.717) is 0 Å². The quantitative estimate of drug-likeness (QED) is 0.750. The Bertz CT molecular complexity index is 670. The van der Waals surface area contributed by atoms with Gasteiger partial charge in [0.15, 0.2) is 0 Å². The summed E-state index contributed by atoms with van der Waals surface area (Å²) >= 11 is 0. The third-order valence-corrected chi connectivity index (χ3v) is 5.75. The molecule has 1 fully saturated rings. The summed E-state index contributed by atoms with van der Waals surface area (Å²) in [5.74, 6) is 0.984. The SMILES string of the molecule is CN1C(C)(C)CC(Oc2ccc(Cc3ccccc3)cc2)CC1(C)C. The normalized spacial score (nSPS) is 20.4. The number of benzene rings is 2. The average molecular weight is 338 g/mol. The Balaban J connectivity index is 1.65. The van der Waals surface area contributed by atoms with Gasteiger partial charge in [-0.1, -0.05) is 42.5 Å². The summed E-state index contributed by atoms with van der Waals surface area (Å²) in [6.45, 7) is 9.25. The predicted octanol–water partition coefficient (Wildman–Crippen LogP) is 5.31. The fraction of sp³-hybridized carbons (Fsp3) is 0.478. The van der Waals surface area contributed by atoms with Gasteiger partial charge in [0, 0.05) is 23.9 Å². The van der Waals surface area contributed by atoms with Crippen molar-refractivity contribution in [3.05, 3.63) is 65.7 Å². The van der Waals surface area contributed by atoms with Gasteiger partial charge in [-0.05, 0) is 64.4 Å². The van der Waals surface area contributed by atoms with Crippen molar-refractivity contribution in [2.45, 2.75) is 64.1 Å². The van der Waals surface area contributed by atoms with Crippen molar-refractivity contribution in [2.75, 3.05) is 7.05 Å². The Morgan fingerprint density at radius 1 is 0.840 bits per heavy atom. The molecule has 0 spiro atoms. The van der Waals surface area contributed by atoms with E-state index in [1.54, 1.807) is 0 Å². The van der Waals surface area contributed by atoms with Gasteiger partial charge in [0.25, 0.3) is 0 Å². The minimum atomic E-state index is 0.152. The Labute approximate surface area is 152 Å². The molecule has 2 nitrogen and oxygen atoms in total. The number of piperidine rings is 1. The first kappa shape index (κ1) is 18.0. The molecule has 2 heteroatoms.